The van der Waals surface area contributed by atoms with Crippen LogP contribution in [0.2, 0.25) is 0 Å². The molecule has 2 aromatic carbocycles. The van der Waals surface area contributed by atoms with E-state index in [1.165, 1.54) is 0 Å². The van der Waals surface area contributed by atoms with Gasteiger partial charge in [-0.15, -0.1) is 0 Å². The molecule has 0 fully saturated rings. The summed E-state index contributed by atoms with van der Waals surface area (Å²) in [7, 11) is 3.38. The minimum absolute atomic E-state index is 0.717. The lowest BCUT2D eigenvalue weighted by atomic mass is 9.81. The summed E-state index contributed by atoms with van der Waals surface area (Å²) in [5, 5.41) is 12.4. The van der Waals surface area contributed by atoms with Gasteiger partial charge in [-0.3, -0.25) is 0 Å². The number of methoxy groups -OCH3 is 1. The van der Waals surface area contributed by atoms with E-state index in [2.05, 4.69) is 11.1 Å². The van der Waals surface area contributed by atoms with Gasteiger partial charge >= 0.3 is 7.48 Å². The van der Waals surface area contributed by atoms with Crippen molar-refractivity contribution in [3.8, 4) is 5.75 Å². The average Bonchev–Trinajstić information content (AvgIpc) is 2.91. The van der Waals surface area contributed by atoms with E-state index >= 15 is 0 Å². The molecule has 0 aliphatic heterocycles. The lowest BCUT2D eigenvalue weighted by Gasteiger charge is -2.37. The number of aromatic nitrogens is 1. The number of ether oxygens (including phenoxy) is 1. The SMILES string of the molecule is COc1ccc([B]OC(C)(C)C(C)(C)O)c2[nH]c3ccccc3c12. The lowest BCUT2D eigenvalue weighted by Crippen LogP contribution is -2.49. The number of hydrogen-bond acceptors (Lipinski definition) is 3. The normalized spacial score (nSPS) is 12.8. The van der Waals surface area contributed by atoms with Gasteiger partial charge < -0.3 is 19.5 Å². The molecule has 4 nitrogen and oxygen atoms in total. The Hall–Kier alpha value is -1.98. The first-order valence-electron chi connectivity index (χ1n) is 8.05. The van der Waals surface area contributed by atoms with Crippen LogP contribution in [0.25, 0.3) is 21.8 Å². The number of H-pyrrole nitrogens is 1. The van der Waals surface area contributed by atoms with Crippen LogP contribution in [0.3, 0.4) is 0 Å². The second-order valence-corrected chi connectivity index (χ2v) is 7.08. The molecular formula is C19H23BNO3. The highest BCUT2D eigenvalue weighted by atomic mass is 16.5. The van der Waals surface area contributed by atoms with Gasteiger partial charge in [0.05, 0.1) is 18.3 Å². The fourth-order valence-corrected chi connectivity index (χ4v) is 2.57. The van der Waals surface area contributed by atoms with E-state index in [0.29, 0.717) is 0 Å². The van der Waals surface area contributed by atoms with Crippen molar-refractivity contribution in [2.75, 3.05) is 7.11 Å². The van der Waals surface area contributed by atoms with Crippen LogP contribution in [0.1, 0.15) is 27.7 Å². The van der Waals surface area contributed by atoms with Crippen LogP contribution in [-0.2, 0) is 4.65 Å². The smallest absolute Gasteiger partial charge is 0.333 e. The number of nitrogens with one attached hydrogen (secondary N) is 1. The van der Waals surface area contributed by atoms with Crippen LogP contribution in [-0.4, -0.2) is 35.9 Å². The standard InChI is InChI=1S/C19H23BNO3/c1-18(2,22)19(3,4)24-20-13-10-11-15(23-5)16-12-8-6-7-9-14(12)21-17(13)16/h6-11,21-22H,1-5H3. The Bertz CT molecular complexity index is 877. The zero-order valence-corrected chi connectivity index (χ0v) is 14.8. The van der Waals surface area contributed by atoms with Gasteiger partial charge in [-0.25, -0.2) is 0 Å². The molecule has 3 aromatic rings. The molecule has 0 atom stereocenters. The largest absolute Gasteiger partial charge is 0.496 e. The second kappa shape index (κ2) is 5.83. The van der Waals surface area contributed by atoms with Crippen molar-refractivity contribution in [2.45, 2.75) is 38.9 Å². The first kappa shape index (κ1) is 16.9. The van der Waals surface area contributed by atoms with Gasteiger partial charge in [-0.2, -0.15) is 0 Å². The highest BCUT2D eigenvalue weighted by Gasteiger charge is 2.36. The molecule has 125 valence electrons. The van der Waals surface area contributed by atoms with Crippen molar-refractivity contribution in [3.63, 3.8) is 0 Å². The maximum absolute atomic E-state index is 10.3. The van der Waals surface area contributed by atoms with E-state index in [1.54, 1.807) is 28.4 Å². The molecule has 1 aromatic heterocycles. The molecule has 24 heavy (non-hydrogen) atoms. The van der Waals surface area contributed by atoms with Crippen molar-refractivity contribution in [2.24, 2.45) is 0 Å². The third-order valence-electron chi connectivity index (χ3n) is 4.83. The first-order valence-corrected chi connectivity index (χ1v) is 8.05. The third kappa shape index (κ3) is 2.78. The predicted molar refractivity (Wildman–Crippen MR) is 99.2 cm³/mol. The fraction of sp³-hybridized carbons (Fsp3) is 0.368. The van der Waals surface area contributed by atoms with E-state index in [1.807, 2.05) is 44.2 Å². The number of rotatable bonds is 5. The van der Waals surface area contributed by atoms with Crippen LogP contribution in [0.15, 0.2) is 36.4 Å². The van der Waals surface area contributed by atoms with Gasteiger partial charge in [0, 0.05) is 21.8 Å². The van der Waals surface area contributed by atoms with E-state index in [-0.39, 0.29) is 0 Å². The molecule has 0 unspecified atom stereocenters. The maximum Gasteiger partial charge on any atom is 0.333 e. The Labute approximate surface area is 143 Å². The average molecular weight is 324 g/mol. The van der Waals surface area contributed by atoms with Gasteiger partial charge in [-0.05, 0) is 45.3 Å². The molecule has 3 rings (SSSR count). The van der Waals surface area contributed by atoms with Gasteiger partial charge in [-0.1, -0.05) is 24.3 Å². The molecule has 0 aliphatic rings. The lowest BCUT2D eigenvalue weighted by molar-refractivity contribution is -0.0893. The van der Waals surface area contributed by atoms with Crippen LogP contribution in [0, 0.1) is 0 Å². The van der Waals surface area contributed by atoms with E-state index in [4.69, 9.17) is 9.39 Å². The summed E-state index contributed by atoms with van der Waals surface area (Å²) >= 11 is 0. The summed E-state index contributed by atoms with van der Waals surface area (Å²) in [5.74, 6) is 0.821. The van der Waals surface area contributed by atoms with Crippen molar-refractivity contribution in [3.05, 3.63) is 36.4 Å². The molecule has 2 N–H and O–H groups in total. The molecule has 0 amide bonds. The summed E-state index contributed by atoms with van der Waals surface area (Å²) < 4.78 is 11.5. The van der Waals surface area contributed by atoms with Crippen molar-refractivity contribution >= 4 is 34.8 Å². The predicted octanol–water partition coefficient (Wildman–Crippen LogP) is 3.14. The van der Waals surface area contributed by atoms with Gasteiger partial charge in [0.2, 0.25) is 0 Å². The molecule has 0 aliphatic carbocycles. The summed E-state index contributed by atoms with van der Waals surface area (Å²) in [6.07, 6.45) is 0. The molecule has 0 saturated heterocycles. The van der Waals surface area contributed by atoms with Gasteiger partial charge in [0.1, 0.15) is 5.75 Å². The number of aliphatic hydroxyl groups is 1. The Morgan fingerprint density at radius 2 is 1.75 bits per heavy atom. The van der Waals surface area contributed by atoms with Crippen LogP contribution in [0.4, 0.5) is 0 Å². The number of para-hydroxylation sites is 1. The summed E-state index contributed by atoms with van der Waals surface area (Å²) in [6.45, 7) is 7.23. The monoisotopic (exact) mass is 324 g/mol. The summed E-state index contributed by atoms with van der Waals surface area (Å²) in [6, 6.07) is 12.0. The van der Waals surface area contributed by atoms with Crippen LogP contribution in [0.5, 0.6) is 5.75 Å². The molecule has 1 heterocycles. The first-order chi connectivity index (χ1) is 11.2. The molecule has 1 radical (unpaired) electrons. The fourth-order valence-electron chi connectivity index (χ4n) is 2.57. The minimum Gasteiger partial charge on any atom is -0.496 e. The van der Waals surface area contributed by atoms with E-state index < -0.39 is 11.2 Å². The quantitative estimate of drug-likeness (QED) is 0.709. The number of hydrogen-bond donors (Lipinski definition) is 2. The Morgan fingerprint density at radius 3 is 2.42 bits per heavy atom. The van der Waals surface area contributed by atoms with Gasteiger partial charge in [0.25, 0.3) is 0 Å². The zero-order chi connectivity index (χ0) is 17.5. The minimum atomic E-state index is -0.963. The van der Waals surface area contributed by atoms with Crippen molar-refractivity contribution in [1.82, 2.24) is 4.98 Å². The molecular weight excluding hydrogens is 301 g/mol. The second-order valence-electron chi connectivity index (χ2n) is 7.08. The highest BCUT2D eigenvalue weighted by Crippen LogP contribution is 2.32. The molecule has 0 saturated carbocycles. The number of aromatic amines is 1. The van der Waals surface area contributed by atoms with E-state index in [9.17, 15) is 5.11 Å². The van der Waals surface area contributed by atoms with Gasteiger partial charge in [0.15, 0.2) is 0 Å². The van der Waals surface area contributed by atoms with Crippen molar-refractivity contribution < 1.29 is 14.5 Å². The summed E-state index contributed by atoms with van der Waals surface area (Å²) in [4.78, 5) is 3.44. The highest BCUT2D eigenvalue weighted by molar-refractivity contribution is 6.52. The molecule has 0 spiro atoms. The van der Waals surface area contributed by atoms with E-state index in [0.717, 1.165) is 33.0 Å². The number of fused-ring (bicyclic) bond motifs is 3. The third-order valence-corrected chi connectivity index (χ3v) is 4.83. The number of benzene rings is 2. The van der Waals surface area contributed by atoms with Crippen LogP contribution < -0.4 is 10.2 Å². The maximum atomic E-state index is 10.3. The Balaban J connectivity index is 2.07. The Kier molecular flexibility index (Phi) is 4.10. The zero-order valence-electron chi connectivity index (χ0n) is 14.8. The molecule has 0 bridgehead atoms. The van der Waals surface area contributed by atoms with Crippen LogP contribution >= 0.6 is 0 Å². The topological polar surface area (TPSA) is 54.5 Å². The molecule has 5 heteroatoms. The Morgan fingerprint density at radius 1 is 1.04 bits per heavy atom. The van der Waals surface area contributed by atoms with Crippen molar-refractivity contribution in [1.29, 1.82) is 0 Å². The summed E-state index contributed by atoms with van der Waals surface area (Å²) in [5.41, 5.74) is 1.25.